The first-order valence-corrected chi connectivity index (χ1v) is 8.77. The van der Waals surface area contributed by atoms with Crippen molar-refractivity contribution in [3.8, 4) is 0 Å². The number of nitrogens with zero attached hydrogens (tertiary/aromatic N) is 1. The molecule has 5 nitrogen and oxygen atoms in total. The second kappa shape index (κ2) is 7.44. The fraction of sp³-hybridized carbons (Fsp3) is 0.211. The highest BCUT2D eigenvalue weighted by Crippen LogP contribution is 2.25. The van der Waals surface area contributed by atoms with Gasteiger partial charge in [-0.2, -0.15) is 0 Å². The number of aromatic nitrogens is 1. The van der Waals surface area contributed by atoms with Crippen molar-refractivity contribution in [3.05, 3.63) is 59.7 Å². The van der Waals surface area contributed by atoms with Gasteiger partial charge in [-0.05, 0) is 35.7 Å². The fourth-order valence-electron chi connectivity index (χ4n) is 2.30. The van der Waals surface area contributed by atoms with Crippen LogP contribution < -0.4 is 5.32 Å². The number of rotatable bonds is 5. The number of carbonyl (C=O) groups excluding carboxylic acids is 2. The van der Waals surface area contributed by atoms with Crippen molar-refractivity contribution in [1.29, 1.82) is 0 Å². The Bertz CT molecular complexity index is 867. The van der Waals surface area contributed by atoms with Gasteiger partial charge in [-0.25, -0.2) is 9.78 Å². The second-order valence-electron chi connectivity index (χ2n) is 5.89. The zero-order valence-electron chi connectivity index (χ0n) is 14.0. The third-order valence-corrected chi connectivity index (χ3v) is 4.64. The molecule has 0 atom stereocenters. The van der Waals surface area contributed by atoms with E-state index in [1.807, 2.05) is 36.4 Å². The van der Waals surface area contributed by atoms with E-state index in [-0.39, 0.29) is 6.61 Å². The molecule has 6 heteroatoms. The molecular weight excluding hydrogens is 336 g/mol. The summed E-state index contributed by atoms with van der Waals surface area (Å²) in [5, 5.41) is 3.14. The van der Waals surface area contributed by atoms with E-state index in [4.69, 9.17) is 4.74 Å². The standard InChI is InChI=1S/C19H18N2O3S/c1-12(2)13-7-9-14(10-8-13)18(23)24-11-17(22)21-19-20-15-5-3-4-6-16(15)25-19/h3-10,12H,11H2,1-2H3,(H,20,21,22). The molecule has 0 aliphatic heterocycles. The molecule has 3 rings (SSSR count). The second-order valence-corrected chi connectivity index (χ2v) is 6.92. The average molecular weight is 354 g/mol. The Balaban J connectivity index is 1.55. The van der Waals surface area contributed by atoms with Gasteiger partial charge in [0.2, 0.25) is 0 Å². The number of hydrogen-bond acceptors (Lipinski definition) is 5. The van der Waals surface area contributed by atoms with Crippen LogP contribution in [0, 0.1) is 0 Å². The lowest BCUT2D eigenvalue weighted by atomic mass is 10.0. The van der Waals surface area contributed by atoms with Crippen molar-refractivity contribution < 1.29 is 14.3 Å². The van der Waals surface area contributed by atoms with Gasteiger partial charge in [0.05, 0.1) is 15.8 Å². The van der Waals surface area contributed by atoms with Crippen LogP contribution in [0.4, 0.5) is 5.13 Å². The van der Waals surface area contributed by atoms with Gasteiger partial charge in [0, 0.05) is 0 Å². The summed E-state index contributed by atoms with van der Waals surface area (Å²) < 4.78 is 6.05. The number of benzene rings is 2. The summed E-state index contributed by atoms with van der Waals surface area (Å²) in [6, 6.07) is 14.8. The van der Waals surface area contributed by atoms with Gasteiger partial charge in [0.1, 0.15) is 0 Å². The van der Waals surface area contributed by atoms with Gasteiger partial charge >= 0.3 is 5.97 Å². The average Bonchev–Trinajstić information content (AvgIpc) is 3.01. The summed E-state index contributed by atoms with van der Waals surface area (Å²) in [5.74, 6) is -0.536. The zero-order chi connectivity index (χ0) is 17.8. The van der Waals surface area contributed by atoms with E-state index in [9.17, 15) is 9.59 Å². The van der Waals surface area contributed by atoms with Crippen LogP contribution in [0.25, 0.3) is 10.2 Å². The van der Waals surface area contributed by atoms with E-state index < -0.39 is 11.9 Å². The molecule has 128 valence electrons. The van der Waals surface area contributed by atoms with Crippen LogP contribution in [0.15, 0.2) is 48.5 Å². The number of esters is 1. The van der Waals surface area contributed by atoms with Gasteiger partial charge < -0.3 is 4.74 Å². The molecule has 1 heterocycles. The largest absolute Gasteiger partial charge is 0.452 e. The minimum Gasteiger partial charge on any atom is -0.452 e. The number of carbonyl (C=O) groups is 2. The molecule has 2 aromatic carbocycles. The first kappa shape index (κ1) is 17.1. The molecule has 0 unspecified atom stereocenters. The quantitative estimate of drug-likeness (QED) is 0.697. The van der Waals surface area contributed by atoms with Crippen molar-refractivity contribution in [2.24, 2.45) is 0 Å². The molecular formula is C19H18N2O3S. The summed E-state index contributed by atoms with van der Waals surface area (Å²) in [7, 11) is 0. The third-order valence-electron chi connectivity index (χ3n) is 3.69. The molecule has 0 aliphatic carbocycles. The fourth-order valence-corrected chi connectivity index (χ4v) is 3.18. The molecule has 0 aliphatic rings. The molecule has 3 aromatic rings. The van der Waals surface area contributed by atoms with Crippen LogP contribution >= 0.6 is 11.3 Å². The predicted octanol–water partition coefficient (Wildman–Crippen LogP) is 4.22. The van der Waals surface area contributed by atoms with Crippen molar-refractivity contribution in [3.63, 3.8) is 0 Å². The molecule has 0 fully saturated rings. The number of hydrogen-bond donors (Lipinski definition) is 1. The highest BCUT2D eigenvalue weighted by Gasteiger charge is 2.12. The molecule has 0 radical (unpaired) electrons. The molecule has 1 aromatic heterocycles. The minimum absolute atomic E-state index is 0.347. The van der Waals surface area contributed by atoms with Crippen molar-refractivity contribution >= 4 is 38.6 Å². The van der Waals surface area contributed by atoms with Crippen LogP contribution in [-0.2, 0) is 9.53 Å². The number of ether oxygens (including phenoxy) is 1. The van der Waals surface area contributed by atoms with E-state index in [1.54, 1.807) is 12.1 Å². The van der Waals surface area contributed by atoms with Crippen LogP contribution in [0.2, 0.25) is 0 Å². The molecule has 0 bridgehead atoms. The monoisotopic (exact) mass is 354 g/mol. The van der Waals surface area contributed by atoms with Gasteiger partial charge in [0.25, 0.3) is 5.91 Å². The van der Waals surface area contributed by atoms with E-state index in [0.29, 0.717) is 16.6 Å². The number of anilines is 1. The van der Waals surface area contributed by atoms with E-state index in [1.165, 1.54) is 11.3 Å². The lowest BCUT2D eigenvalue weighted by molar-refractivity contribution is -0.119. The number of fused-ring (bicyclic) bond motifs is 1. The Kier molecular flexibility index (Phi) is 5.09. The van der Waals surface area contributed by atoms with Gasteiger partial charge in [-0.1, -0.05) is 49.4 Å². The maximum atomic E-state index is 12.0. The Morgan fingerprint density at radius 1 is 1.12 bits per heavy atom. The Morgan fingerprint density at radius 2 is 1.84 bits per heavy atom. The highest BCUT2D eigenvalue weighted by atomic mass is 32.1. The van der Waals surface area contributed by atoms with Gasteiger partial charge in [-0.3, -0.25) is 10.1 Å². The Hall–Kier alpha value is -2.73. The van der Waals surface area contributed by atoms with Crippen LogP contribution in [0.5, 0.6) is 0 Å². The summed E-state index contributed by atoms with van der Waals surface area (Å²) in [6.45, 7) is 3.82. The Labute approximate surface area is 149 Å². The summed E-state index contributed by atoms with van der Waals surface area (Å²) in [6.07, 6.45) is 0. The van der Waals surface area contributed by atoms with E-state index >= 15 is 0 Å². The van der Waals surface area contributed by atoms with Crippen LogP contribution in [-0.4, -0.2) is 23.5 Å². The van der Waals surface area contributed by atoms with Crippen LogP contribution in [0.3, 0.4) is 0 Å². The van der Waals surface area contributed by atoms with Crippen molar-refractivity contribution in [1.82, 2.24) is 4.98 Å². The topological polar surface area (TPSA) is 68.3 Å². The number of nitrogens with one attached hydrogen (secondary N) is 1. The molecule has 0 saturated heterocycles. The van der Waals surface area contributed by atoms with Crippen LogP contribution in [0.1, 0.15) is 35.7 Å². The minimum atomic E-state index is -0.519. The van der Waals surface area contributed by atoms with Crippen molar-refractivity contribution in [2.75, 3.05) is 11.9 Å². The lowest BCUT2D eigenvalue weighted by Crippen LogP contribution is -2.20. The molecule has 0 spiro atoms. The normalized spacial score (nSPS) is 10.8. The summed E-state index contributed by atoms with van der Waals surface area (Å²) >= 11 is 1.38. The molecule has 25 heavy (non-hydrogen) atoms. The van der Waals surface area contributed by atoms with E-state index in [0.717, 1.165) is 15.8 Å². The third kappa shape index (κ3) is 4.22. The van der Waals surface area contributed by atoms with E-state index in [2.05, 4.69) is 24.1 Å². The maximum Gasteiger partial charge on any atom is 0.338 e. The van der Waals surface area contributed by atoms with Crippen molar-refractivity contribution in [2.45, 2.75) is 19.8 Å². The lowest BCUT2D eigenvalue weighted by Gasteiger charge is -2.07. The number of amides is 1. The Morgan fingerprint density at radius 3 is 2.52 bits per heavy atom. The number of thiazole rings is 1. The summed E-state index contributed by atoms with van der Waals surface area (Å²) in [5.41, 5.74) is 2.40. The maximum absolute atomic E-state index is 12.0. The number of para-hydroxylation sites is 1. The predicted molar refractivity (Wildman–Crippen MR) is 99.1 cm³/mol. The van der Waals surface area contributed by atoms with Gasteiger partial charge in [0.15, 0.2) is 11.7 Å². The molecule has 0 saturated carbocycles. The smallest absolute Gasteiger partial charge is 0.338 e. The zero-order valence-corrected chi connectivity index (χ0v) is 14.8. The summed E-state index contributed by atoms with van der Waals surface area (Å²) in [4.78, 5) is 28.3. The molecule has 1 N–H and O–H groups in total. The highest BCUT2D eigenvalue weighted by molar-refractivity contribution is 7.22. The van der Waals surface area contributed by atoms with Gasteiger partial charge in [-0.15, -0.1) is 0 Å². The first-order valence-electron chi connectivity index (χ1n) is 7.95. The molecule has 1 amide bonds. The first-order chi connectivity index (χ1) is 12.0. The SMILES string of the molecule is CC(C)c1ccc(C(=O)OCC(=O)Nc2nc3ccccc3s2)cc1.